The van der Waals surface area contributed by atoms with Crippen molar-refractivity contribution in [2.75, 3.05) is 31.6 Å². The molecule has 2 N–H and O–H groups in total. The number of aryl methyl sites for hydroxylation is 1. The van der Waals surface area contributed by atoms with E-state index in [1.165, 1.54) is 0 Å². The van der Waals surface area contributed by atoms with E-state index in [0.717, 1.165) is 49.4 Å². The second-order valence-corrected chi connectivity index (χ2v) is 9.74. The number of carbonyl (C=O) groups excluding carboxylic acids is 2. The third-order valence-corrected chi connectivity index (χ3v) is 6.72. The highest BCUT2D eigenvalue weighted by Gasteiger charge is 2.24. The van der Waals surface area contributed by atoms with Crippen LogP contribution in [0, 0.1) is 6.92 Å². The van der Waals surface area contributed by atoms with E-state index in [0.29, 0.717) is 42.4 Å². The first-order valence-electron chi connectivity index (χ1n) is 13.7. The van der Waals surface area contributed by atoms with Crippen molar-refractivity contribution < 1.29 is 19.1 Å². The number of ether oxygens (including phenoxy) is 2. The number of hydrogen-bond donors (Lipinski definition) is 2. The molecule has 1 aliphatic carbocycles. The molecule has 2 aromatic carbocycles. The van der Waals surface area contributed by atoms with E-state index in [1.54, 1.807) is 36.4 Å². The topological polar surface area (TPSA) is 92.8 Å². The van der Waals surface area contributed by atoms with Gasteiger partial charge in [0.05, 0.1) is 24.6 Å². The highest BCUT2D eigenvalue weighted by Crippen LogP contribution is 2.22. The number of nitrogens with zero attached hydrogens (tertiary/aromatic N) is 2. The summed E-state index contributed by atoms with van der Waals surface area (Å²) in [6, 6.07) is 18.4. The minimum absolute atomic E-state index is 0.114. The van der Waals surface area contributed by atoms with Crippen LogP contribution in [0.1, 0.15) is 64.4 Å². The van der Waals surface area contributed by atoms with Crippen LogP contribution in [0.3, 0.4) is 0 Å². The molecule has 0 saturated heterocycles. The number of nitrogens with one attached hydrogen (secondary N) is 2. The van der Waals surface area contributed by atoms with Crippen molar-refractivity contribution >= 4 is 17.5 Å². The number of pyridine rings is 1. The van der Waals surface area contributed by atoms with E-state index < -0.39 is 0 Å². The molecule has 0 bridgehead atoms. The zero-order valence-electron chi connectivity index (χ0n) is 23.0. The molecule has 0 atom stereocenters. The number of benzene rings is 2. The van der Waals surface area contributed by atoms with Crippen molar-refractivity contribution in [1.29, 1.82) is 0 Å². The van der Waals surface area contributed by atoms with E-state index in [4.69, 9.17) is 9.47 Å². The van der Waals surface area contributed by atoms with Crippen LogP contribution < -0.4 is 15.4 Å². The van der Waals surface area contributed by atoms with Gasteiger partial charge in [0.15, 0.2) is 0 Å². The predicted octanol–water partition coefficient (Wildman–Crippen LogP) is 4.97. The smallest absolute Gasteiger partial charge is 0.255 e. The normalized spacial score (nSPS) is 12.8. The summed E-state index contributed by atoms with van der Waals surface area (Å²) >= 11 is 0. The summed E-state index contributed by atoms with van der Waals surface area (Å²) < 4.78 is 11.7. The Kier molecular flexibility index (Phi) is 10.1. The molecule has 206 valence electrons. The van der Waals surface area contributed by atoms with Crippen LogP contribution in [0.4, 0.5) is 5.69 Å². The standard InChI is InChI=1S/C31H38N4O4/c1-4-35(5-2)17-18-38-20-26-7-6-8-27(32-26)21-39-28-15-11-23(12-16-28)30(36)34-29-19-24(10-9-22(29)3)31(37)33-25-13-14-25/h6-12,15-16,19,25H,4-5,13-14,17-18,20-21H2,1-3H3,(H,33,37)(H,34,36). The molecule has 1 aliphatic rings. The van der Waals surface area contributed by atoms with Gasteiger partial charge < -0.3 is 25.0 Å². The van der Waals surface area contributed by atoms with Gasteiger partial charge in [0.2, 0.25) is 0 Å². The lowest BCUT2D eigenvalue weighted by atomic mass is 10.1. The number of likely N-dealkylation sites (N-methyl/N-ethyl adjacent to an activating group) is 1. The van der Waals surface area contributed by atoms with Crippen molar-refractivity contribution in [2.45, 2.75) is 52.9 Å². The lowest BCUT2D eigenvalue weighted by Gasteiger charge is -2.17. The molecule has 8 nitrogen and oxygen atoms in total. The minimum Gasteiger partial charge on any atom is -0.487 e. The van der Waals surface area contributed by atoms with Crippen LogP contribution in [0.15, 0.2) is 60.7 Å². The van der Waals surface area contributed by atoms with Crippen molar-refractivity contribution in [3.05, 3.63) is 88.7 Å². The minimum atomic E-state index is -0.250. The van der Waals surface area contributed by atoms with Gasteiger partial charge in [-0.1, -0.05) is 26.0 Å². The van der Waals surface area contributed by atoms with Gasteiger partial charge in [-0.3, -0.25) is 14.6 Å². The molecule has 1 fully saturated rings. The Hall–Kier alpha value is -3.75. The number of anilines is 1. The third kappa shape index (κ3) is 8.63. The fraction of sp³-hybridized carbons (Fsp3) is 0.387. The van der Waals surface area contributed by atoms with Crippen LogP contribution in [-0.4, -0.2) is 54.0 Å². The maximum absolute atomic E-state index is 12.9. The molecule has 0 radical (unpaired) electrons. The van der Waals surface area contributed by atoms with Crippen LogP contribution in [0.2, 0.25) is 0 Å². The first-order valence-corrected chi connectivity index (χ1v) is 13.7. The fourth-order valence-corrected chi connectivity index (χ4v) is 4.05. The summed E-state index contributed by atoms with van der Waals surface area (Å²) in [7, 11) is 0. The number of amides is 2. The van der Waals surface area contributed by atoms with Crippen molar-refractivity contribution in [2.24, 2.45) is 0 Å². The average molecular weight is 531 g/mol. The maximum Gasteiger partial charge on any atom is 0.255 e. The predicted molar refractivity (Wildman–Crippen MR) is 152 cm³/mol. The lowest BCUT2D eigenvalue weighted by Crippen LogP contribution is -2.27. The highest BCUT2D eigenvalue weighted by atomic mass is 16.5. The quantitative estimate of drug-likeness (QED) is 0.286. The molecular weight excluding hydrogens is 492 g/mol. The van der Waals surface area contributed by atoms with Gasteiger partial charge >= 0.3 is 0 Å². The Morgan fingerprint density at radius 2 is 1.62 bits per heavy atom. The maximum atomic E-state index is 12.9. The second-order valence-electron chi connectivity index (χ2n) is 9.74. The number of aromatic nitrogens is 1. The Balaban J connectivity index is 1.27. The Morgan fingerprint density at radius 1 is 0.923 bits per heavy atom. The van der Waals surface area contributed by atoms with E-state index >= 15 is 0 Å². The van der Waals surface area contributed by atoms with Gasteiger partial charge in [-0.25, -0.2) is 0 Å². The molecule has 2 amide bonds. The first-order chi connectivity index (χ1) is 18.9. The molecule has 0 spiro atoms. The van der Waals surface area contributed by atoms with Gasteiger partial charge in [0.25, 0.3) is 11.8 Å². The number of carbonyl (C=O) groups is 2. The van der Waals surface area contributed by atoms with Crippen LogP contribution in [-0.2, 0) is 18.0 Å². The molecule has 8 heteroatoms. The zero-order valence-corrected chi connectivity index (χ0v) is 23.0. The largest absolute Gasteiger partial charge is 0.487 e. The molecule has 3 aromatic rings. The zero-order chi connectivity index (χ0) is 27.6. The highest BCUT2D eigenvalue weighted by molar-refractivity contribution is 6.05. The van der Waals surface area contributed by atoms with Gasteiger partial charge in [0, 0.05) is 29.4 Å². The third-order valence-electron chi connectivity index (χ3n) is 6.72. The first kappa shape index (κ1) is 28.3. The molecule has 0 aliphatic heterocycles. The molecule has 1 aromatic heterocycles. The average Bonchev–Trinajstić information content (AvgIpc) is 3.77. The van der Waals surface area contributed by atoms with Crippen LogP contribution >= 0.6 is 0 Å². The summed E-state index contributed by atoms with van der Waals surface area (Å²) in [6.07, 6.45) is 2.05. The Labute approximate surface area is 230 Å². The van der Waals surface area contributed by atoms with Crippen molar-refractivity contribution in [3.8, 4) is 5.75 Å². The summed E-state index contributed by atoms with van der Waals surface area (Å²) in [5.41, 5.74) is 4.21. The second kappa shape index (κ2) is 13.9. The lowest BCUT2D eigenvalue weighted by molar-refractivity contribution is 0.0933. The fourth-order valence-electron chi connectivity index (χ4n) is 4.05. The van der Waals surface area contributed by atoms with Crippen molar-refractivity contribution in [3.63, 3.8) is 0 Å². The monoisotopic (exact) mass is 530 g/mol. The van der Waals surface area contributed by atoms with Gasteiger partial charge in [0.1, 0.15) is 12.4 Å². The Morgan fingerprint density at radius 3 is 2.31 bits per heavy atom. The van der Waals surface area contributed by atoms with Crippen LogP contribution in [0.5, 0.6) is 5.75 Å². The summed E-state index contributed by atoms with van der Waals surface area (Å²) in [4.78, 5) is 32.2. The molecule has 4 rings (SSSR count). The van der Waals surface area contributed by atoms with E-state index in [2.05, 4.69) is 34.4 Å². The molecule has 1 heterocycles. The summed E-state index contributed by atoms with van der Waals surface area (Å²) in [6.45, 7) is 10.6. The van der Waals surface area contributed by atoms with Gasteiger partial charge in [-0.2, -0.15) is 0 Å². The van der Waals surface area contributed by atoms with Gasteiger partial charge in [-0.05, 0) is 86.9 Å². The Bertz CT molecular complexity index is 1250. The molecule has 39 heavy (non-hydrogen) atoms. The van der Waals surface area contributed by atoms with Gasteiger partial charge in [-0.15, -0.1) is 0 Å². The molecule has 0 unspecified atom stereocenters. The number of rotatable bonds is 14. The summed E-state index contributed by atoms with van der Waals surface area (Å²) in [5.74, 6) is 0.279. The SMILES string of the molecule is CCN(CC)CCOCc1cccc(COc2ccc(C(=O)Nc3cc(C(=O)NC4CC4)ccc3C)cc2)n1. The molecule has 1 saturated carbocycles. The van der Waals surface area contributed by atoms with Crippen LogP contribution in [0.25, 0.3) is 0 Å². The van der Waals surface area contributed by atoms with E-state index in [1.807, 2.05) is 31.2 Å². The summed E-state index contributed by atoms with van der Waals surface area (Å²) in [5, 5.41) is 5.90. The van der Waals surface area contributed by atoms with Crippen molar-refractivity contribution in [1.82, 2.24) is 15.2 Å². The van der Waals surface area contributed by atoms with E-state index in [9.17, 15) is 9.59 Å². The number of hydrogen-bond acceptors (Lipinski definition) is 6. The van der Waals surface area contributed by atoms with E-state index in [-0.39, 0.29) is 17.9 Å². The molecular formula is C31H38N4O4.